The number of nitrogens with zero attached hydrogens (tertiary/aromatic N) is 1. The SMILES string of the molecule is COc1ccc2c(c1)c(C(=O)COc1ccc3c(C)cc(=O)oc3c1)c(C)n2C. The molecule has 2 heterocycles. The fraction of sp³-hybridized carbons (Fsp3) is 0.217. The lowest BCUT2D eigenvalue weighted by molar-refractivity contribution is 0.0922. The van der Waals surface area contributed by atoms with Crippen LogP contribution < -0.4 is 15.1 Å². The Labute approximate surface area is 167 Å². The molecular formula is C23H21NO5. The Kier molecular flexibility index (Phi) is 4.62. The Morgan fingerprint density at radius 1 is 1.03 bits per heavy atom. The molecule has 0 saturated heterocycles. The normalized spacial score (nSPS) is 11.2. The third-order valence-electron chi connectivity index (χ3n) is 5.27. The molecule has 6 heteroatoms. The first-order valence-electron chi connectivity index (χ1n) is 9.22. The van der Waals surface area contributed by atoms with Crippen molar-refractivity contribution in [2.75, 3.05) is 13.7 Å². The summed E-state index contributed by atoms with van der Waals surface area (Å²) >= 11 is 0. The maximum absolute atomic E-state index is 13.0. The lowest BCUT2D eigenvalue weighted by atomic mass is 10.1. The summed E-state index contributed by atoms with van der Waals surface area (Å²) in [4.78, 5) is 24.6. The molecule has 0 fully saturated rings. The summed E-state index contributed by atoms with van der Waals surface area (Å²) in [5.41, 5.74) is 3.29. The molecule has 0 aliphatic carbocycles. The third-order valence-corrected chi connectivity index (χ3v) is 5.27. The Hall–Kier alpha value is -3.54. The Morgan fingerprint density at radius 2 is 1.79 bits per heavy atom. The van der Waals surface area contributed by atoms with Gasteiger partial charge in [-0.05, 0) is 49.7 Å². The van der Waals surface area contributed by atoms with Gasteiger partial charge in [0, 0.05) is 46.7 Å². The van der Waals surface area contributed by atoms with Gasteiger partial charge in [0.1, 0.15) is 17.1 Å². The summed E-state index contributed by atoms with van der Waals surface area (Å²) < 4.78 is 18.3. The number of carbonyl (C=O) groups is 1. The molecule has 0 unspecified atom stereocenters. The number of hydrogen-bond acceptors (Lipinski definition) is 5. The zero-order valence-corrected chi connectivity index (χ0v) is 16.7. The standard InChI is InChI=1S/C23H21NO5/c1-13-9-22(26)29-21-11-16(5-7-17(13)21)28-12-20(25)23-14(2)24(3)19-8-6-15(27-4)10-18(19)23/h5-11H,12H2,1-4H3. The van der Waals surface area contributed by atoms with E-state index in [4.69, 9.17) is 13.9 Å². The molecule has 0 saturated carbocycles. The van der Waals surface area contributed by atoms with Crippen LogP contribution >= 0.6 is 0 Å². The van der Waals surface area contributed by atoms with E-state index in [1.54, 1.807) is 19.2 Å². The van der Waals surface area contributed by atoms with Gasteiger partial charge in [0.05, 0.1) is 7.11 Å². The van der Waals surface area contributed by atoms with Crippen molar-refractivity contribution in [3.63, 3.8) is 0 Å². The van der Waals surface area contributed by atoms with Gasteiger partial charge < -0.3 is 18.5 Å². The molecule has 6 nitrogen and oxygen atoms in total. The molecule has 0 atom stereocenters. The summed E-state index contributed by atoms with van der Waals surface area (Å²) in [5.74, 6) is 1.03. The van der Waals surface area contributed by atoms with Crippen LogP contribution in [0, 0.1) is 13.8 Å². The molecule has 2 aromatic carbocycles. The highest BCUT2D eigenvalue weighted by atomic mass is 16.5. The van der Waals surface area contributed by atoms with Gasteiger partial charge in [-0.1, -0.05) is 0 Å². The number of aromatic nitrogens is 1. The molecule has 29 heavy (non-hydrogen) atoms. The number of ether oxygens (including phenoxy) is 2. The molecule has 0 amide bonds. The average Bonchev–Trinajstić information content (AvgIpc) is 2.95. The second kappa shape index (κ2) is 7.13. The predicted molar refractivity (Wildman–Crippen MR) is 111 cm³/mol. The summed E-state index contributed by atoms with van der Waals surface area (Å²) in [5, 5.41) is 1.67. The molecule has 0 radical (unpaired) electrons. The van der Waals surface area contributed by atoms with Crippen molar-refractivity contribution in [1.29, 1.82) is 0 Å². The Bertz CT molecular complexity index is 1310. The van der Waals surface area contributed by atoms with Gasteiger partial charge in [-0.25, -0.2) is 4.79 Å². The van der Waals surface area contributed by atoms with Crippen LogP contribution in [0.4, 0.5) is 0 Å². The second-order valence-electron chi connectivity index (χ2n) is 7.02. The van der Waals surface area contributed by atoms with Crippen molar-refractivity contribution >= 4 is 27.7 Å². The number of carbonyl (C=O) groups excluding carboxylic acids is 1. The monoisotopic (exact) mass is 391 g/mol. The summed E-state index contributed by atoms with van der Waals surface area (Å²) in [7, 11) is 3.52. The lowest BCUT2D eigenvalue weighted by Gasteiger charge is -2.08. The smallest absolute Gasteiger partial charge is 0.336 e. The molecule has 0 bridgehead atoms. The van der Waals surface area contributed by atoms with Crippen LogP contribution in [0.3, 0.4) is 0 Å². The fourth-order valence-electron chi connectivity index (χ4n) is 3.65. The molecular weight excluding hydrogens is 370 g/mol. The quantitative estimate of drug-likeness (QED) is 0.377. The van der Waals surface area contributed by atoms with E-state index in [1.807, 2.05) is 49.7 Å². The molecule has 4 rings (SSSR count). The van der Waals surface area contributed by atoms with Gasteiger partial charge in [-0.2, -0.15) is 0 Å². The summed E-state index contributed by atoms with van der Waals surface area (Å²) in [6.07, 6.45) is 0. The van der Waals surface area contributed by atoms with Crippen LogP contribution in [0.2, 0.25) is 0 Å². The average molecular weight is 391 g/mol. The molecule has 148 valence electrons. The van der Waals surface area contributed by atoms with Crippen LogP contribution in [0.1, 0.15) is 21.6 Å². The van der Waals surface area contributed by atoms with Gasteiger partial charge in [-0.3, -0.25) is 4.79 Å². The molecule has 0 aliphatic rings. The largest absolute Gasteiger partial charge is 0.497 e. The first-order valence-corrected chi connectivity index (χ1v) is 9.22. The fourth-order valence-corrected chi connectivity index (χ4v) is 3.65. The third kappa shape index (κ3) is 3.27. The van der Waals surface area contributed by atoms with Crippen LogP contribution in [0.5, 0.6) is 11.5 Å². The Balaban J connectivity index is 1.64. The van der Waals surface area contributed by atoms with E-state index in [0.29, 0.717) is 22.6 Å². The topological polar surface area (TPSA) is 70.7 Å². The van der Waals surface area contributed by atoms with E-state index in [9.17, 15) is 9.59 Å². The van der Waals surface area contributed by atoms with E-state index in [-0.39, 0.29) is 12.4 Å². The van der Waals surface area contributed by atoms with Crippen molar-refractivity contribution in [2.24, 2.45) is 7.05 Å². The van der Waals surface area contributed by atoms with E-state index in [2.05, 4.69) is 0 Å². The minimum atomic E-state index is -0.413. The highest BCUT2D eigenvalue weighted by Crippen LogP contribution is 2.29. The van der Waals surface area contributed by atoms with Gasteiger partial charge in [0.15, 0.2) is 6.61 Å². The number of methoxy groups -OCH3 is 1. The summed E-state index contributed by atoms with van der Waals surface area (Å²) in [6, 6.07) is 12.3. The Morgan fingerprint density at radius 3 is 2.55 bits per heavy atom. The highest BCUT2D eigenvalue weighted by Gasteiger charge is 2.19. The van der Waals surface area contributed by atoms with E-state index >= 15 is 0 Å². The minimum absolute atomic E-state index is 0.126. The number of Topliss-reactive ketones (excluding diaryl/α,β-unsaturated/α-hetero) is 1. The van der Waals surface area contributed by atoms with Crippen molar-refractivity contribution in [2.45, 2.75) is 13.8 Å². The molecule has 4 aromatic rings. The van der Waals surface area contributed by atoms with Crippen molar-refractivity contribution in [1.82, 2.24) is 4.57 Å². The number of aryl methyl sites for hydroxylation is 2. The maximum atomic E-state index is 13.0. The zero-order chi connectivity index (χ0) is 20.7. The number of benzene rings is 2. The van der Waals surface area contributed by atoms with Crippen LogP contribution in [-0.4, -0.2) is 24.1 Å². The number of hydrogen-bond donors (Lipinski definition) is 0. The number of fused-ring (bicyclic) bond motifs is 2. The van der Waals surface area contributed by atoms with Crippen molar-refractivity contribution in [3.05, 3.63) is 69.7 Å². The van der Waals surface area contributed by atoms with Gasteiger partial charge in [0.25, 0.3) is 0 Å². The van der Waals surface area contributed by atoms with Crippen LogP contribution in [-0.2, 0) is 7.05 Å². The van der Waals surface area contributed by atoms with Gasteiger partial charge in [0.2, 0.25) is 5.78 Å². The van der Waals surface area contributed by atoms with Crippen LogP contribution in [0.15, 0.2) is 51.7 Å². The predicted octanol–water partition coefficient (Wildman–Crippen LogP) is 4.17. The van der Waals surface area contributed by atoms with E-state index in [0.717, 1.165) is 27.5 Å². The molecule has 0 aliphatic heterocycles. The van der Waals surface area contributed by atoms with Crippen LogP contribution in [0.25, 0.3) is 21.9 Å². The molecule has 0 spiro atoms. The first-order chi connectivity index (χ1) is 13.9. The highest BCUT2D eigenvalue weighted by molar-refractivity contribution is 6.10. The number of rotatable bonds is 5. The minimum Gasteiger partial charge on any atom is -0.497 e. The number of ketones is 1. The van der Waals surface area contributed by atoms with E-state index < -0.39 is 5.63 Å². The molecule has 0 N–H and O–H groups in total. The first kappa shape index (κ1) is 18.8. The van der Waals surface area contributed by atoms with Gasteiger partial charge in [-0.15, -0.1) is 0 Å². The van der Waals surface area contributed by atoms with Gasteiger partial charge >= 0.3 is 5.63 Å². The second-order valence-corrected chi connectivity index (χ2v) is 7.02. The van der Waals surface area contributed by atoms with Crippen molar-refractivity contribution < 1.29 is 18.7 Å². The van der Waals surface area contributed by atoms with E-state index in [1.165, 1.54) is 6.07 Å². The lowest BCUT2D eigenvalue weighted by Crippen LogP contribution is -2.13. The molecule has 2 aromatic heterocycles. The maximum Gasteiger partial charge on any atom is 0.336 e. The van der Waals surface area contributed by atoms with Crippen molar-refractivity contribution in [3.8, 4) is 11.5 Å². The zero-order valence-electron chi connectivity index (χ0n) is 16.7. The summed E-state index contributed by atoms with van der Waals surface area (Å²) in [6.45, 7) is 3.63.